The van der Waals surface area contributed by atoms with Crippen LogP contribution < -0.4 is 0 Å². The minimum atomic E-state index is -0.338. The SMILES string of the molecule is Cc1csc(C(=O)N2CCOC[C@]3(CCC(CN4CCN(C)CC4)O3)C2)c1. The predicted octanol–water partition coefficient (Wildman–Crippen LogP) is 1.69. The lowest BCUT2D eigenvalue weighted by Gasteiger charge is -2.35. The van der Waals surface area contributed by atoms with Gasteiger partial charge in [0.15, 0.2) is 0 Å². The van der Waals surface area contributed by atoms with Crippen molar-refractivity contribution in [3.8, 4) is 0 Å². The van der Waals surface area contributed by atoms with Crippen molar-refractivity contribution in [2.75, 3.05) is 66.1 Å². The number of nitrogens with zero attached hydrogens (tertiary/aromatic N) is 3. The number of aryl methyl sites for hydroxylation is 1. The summed E-state index contributed by atoms with van der Waals surface area (Å²) in [5, 5.41) is 2.04. The molecule has 1 amide bonds. The van der Waals surface area contributed by atoms with Crippen LogP contribution in [0.2, 0.25) is 0 Å². The molecule has 0 radical (unpaired) electrons. The van der Waals surface area contributed by atoms with Gasteiger partial charge in [0.2, 0.25) is 0 Å². The van der Waals surface area contributed by atoms with Crippen molar-refractivity contribution >= 4 is 17.2 Å². The molecule has 2 atom stereocenters. The van der Waals surface area contributed by atoms with Gasteiger partial charge in [-0.05, 0) is 43.8 Å². The summed E-state index contributed by atoms with van der Waals surface area (Å²) in [6, 6.07) is 1.98. The molecular formula is C20H31N3O3S. The highest BCUT2D eigenvalue weighted by Crippen LogP contribution is 2.34. The average molecular weight is 394 g/mol. The number of amides is 1. The van der Waals surface area contributed by atoms with Crippen LogP contribution in [0.3, 0.4) is 0 Å². The Hall–Kier alpha value is -0.990. The van der Waals surface area contributed by atoms with Crippen LogP contribution in [0.1, 0.15) is 28.1 Å². The van der Waals surface area contributed by atoms with Crippen LogP contribution in [0.4, 0.5) is 0 Å². The van der Waals surface area contributed by atoms with Crippen LogP contribution in [-0.2, 0) is 9.47 Å². The van der Waals surface area contributed by atoms with E-state index in [4.69, 9.17) is 9.47 Å². The number of hydrogen-bond donors (Lipinski definition) is 0. The molecule has 27 heavy (non-hydrogen) atoms. The first-order valence-corrected chi connectivity index (χ1v) is 10.9. The molecule has 1 aromatic heterocycles. The van der Waals surface area contributed by atoms with E-state index in [9.17, 15) is 4.79 Å². The quantitative estimate of drug-likeness (QED) is 0.782. The van der Waals surface area contributed by atoms with Crippen molar-refractivity contribution in [2.45, 2.75) is 31.5 Å². The van der Waals surface area contributed by atoms with Gasteiger partial charge in [-0.25, -0.2) is 0 Å². The van der Waals surface area contributed by atoms with Crippen molar-refractivity contribution in [3.05, 3.63) is 21.9 Å². The van der Waals surface area contributed by atoms with Gasteiger partial charge in [-0.3, -0.25) is 9.69 Å². The highest BCUT2D eigenvalue weighted by Gasteiger charge is 2.44. The van der Waals surface area contributed by atoms with Gasteiger partial charge < -0.3 is 19.3 Å². The van der Waals surface area contributed by atoms with Crippen molar-refractivity contribution in [1.82, 2.24) is 14.7 Å². The second kappa shape index (κ2) is 8.17. The lowest BCUT2D eigenvalue weighted by Crippen LogP contribution is -2.49. The first-order valence-electron chi connectivity index (χ1n) is 10.0. The van der Waals surface area contributed by atoms with Crippen LogP contribution in [0.15, 0.2) is 11.4 Å². The topological polar surface area (TPSA) is 45.2 Å². The summed E-state index contributed by atoms with van der Waals surface area (Å²) in [7, 11) is 2.18. The fraction of sp³-hybridized carbons (Fsp3) is 0.750. The molecule has 6 nitrogen and oxygen atoms in total. The first-order chi connectivity index (χ1) is 13.0. The van der Waals surface area contributed by atoms with E-state index in [1.165, 1.54) is 11.3 Å². The van der Waals surface area contributed by atoms with E-state index in [0.717, 1.165) is 56.0 Å². The fourth-order valence-corrected chi connectivity index (χ4v) is 5.21. The Morgan fingerprint density at radius 3 is 2.85 bits per heavy atom. The van der Waals surface area contributed by atoms with Gasteiger partial charge >= 0.3 is 0 Å². The Morgan fingerprint density at radius 1 is 1.30 bits per heavy atom. The highest BCUT2D eigenvalue weighted by atomic mass is 32.1. The molecule has 0 saturated carbocycles. The van der Waals surface area contributed by atoms with Gasteiger partial charge in [-0.2, -0.15) is 0 Å². The van der Waals surface area contributed by atoms with E-state index in [0.29, 0.717) is 26.3 Å². The third-order valence-electron chi connectivity index (χ3n) is 5.97. The van der Waals surface area contributed by atoms with Gasteiger partial charge in [-0.1, -0.05) is 0 Å². The van der Waals surface area contributed by atoms with E-state index in [1.807, 2.05) is 23.3 Å². The van der Waals surface area contributed by atoms with E-state index in [-0.39, 0.29) is 17.6 Å². The largest absolute Gasteiger partial charge is 0.377 e. The zero-order valence-electron chi connectivity index (χ0n) is 16.5. The number of hydrogen-bond acceptors (Lipinski definition) is 6. The second-order valence-corrected chi connectivity index (χ2v) is 9.24. The summed E-state index contributed by atoms with van der Waals surface area (Å²) < 4.78 is 12.4. The molecule has 0 aliphatic carbocycles. The third-order valence-corrected chi connectivity index (χ3v) is 7.01. The van der Waals surface area contributed by atoms with Crippen molar-refractivity contribution in [2.24, 2.45) is 0 Å². The maximum atomic E-state index is 12.9. The normalized spacial score (nSPS) is 30.7. The molecule has 3 saturated heterocycles. The molecule has 0 N–H and O–H groups in total. The van der Waals surface area contributed by atoms with Gasteiger partial charge in [0.05, 0.1) is 30.7 Å². The molecule has 1 spiro atoms. The molecule has 0 bridgehead atoms. The summed E-state index contributed by atoms with van der Waals surface area (Å²) in [4.78, 5) is 20.6. The van der Waals surface area contributed by atoms with Gasteiger partial charge in [0.25, 0.3) is 5.91 Å². The zero-order chi connectivity index (χ0) is 18.9. The molecule has 4 rings (SSSR count). The summed E-state index contributed by atoms with van der Waals surface area (Å²) >= 11 is 1.53. The van der Waals surface area contributed by atoms with E-state index in [2.05, 4.69) is 16.8 Å². The van der Waals surface area contributed by atoms with E-state index >= 15 is 0 Å². The van der Waals surface area contributed by atoms with Crippen molar-refractivity contribution in [1.29, 1.82) is 0 Å². The molecule has 3 aliphatic heterocycles. The monoisotopic (exact) mass is 393 g/mol. The Bertz CT molecular complexity index is 659. The molecule has 0 aromatic carbocycles. The van der Waals surface area contributed by atoms with E-state index < -0.39 is 0 Å². The Labute approximate surface area is 166 Å². The highest BCUT2D eigenvalue weighted by molar-refractivity contribution is 7.12. The minimum Gasteiger partial charge on any atom is -0.377 e. The maximum Gasteiger partial charge on any atom is 0.264 e. The third kappa shape index (κ3) is 4.54. The number of thiophene rings is 1. The second-order valence-electron chi connectivity index (χ2n) is 8.33. The Morgan fingerprint density at radius 2 is 2.11 bits per heavy atom. The molecule has 7 heteroatoms. The molecule has 3 fully saturated rings. The zero-order valence-corrected chi connectivity index (χ0v) is 17.3. The molecular weight excluding hydrogens is 362 g/mol. The number of piperazine rings is 1. The van der Waals surface area contributed by atoms with Crippen LogP contribution in [0.5, 0.6) is 0 Å². The number of likely N-dealkylation sites (N-methyl/N-ethyl adjacent to an activating group) is 1. The standard InChI is InChI=1S/C20H31N3O3S/c1-16-11-18(27-13-16)19(24)23-9-10-25-15-20(14-23)4-3-17(26-20)12-22-7-5-21(2)6-8-22/h11,13,17H,3-10,12,14-15H2,1-2H3/t17?,20-/m0/s1. The molecule has 150 valence electrons. The summed E-state index contributed by atoms with van der Waals surface area (Å²) in [5.41, 5.74) is 0.809. The number of carbonyl (C=O) groups excluding carboxylic acids is 1. The molecule has 3 aliphatic rings. The Balaban J connectivity index is 1.38. The number of ether oxygens (including phenoxy) is 2. The predicted molar refractivity (Wildman–Crippen MR) is 107 cm³/mol. The minimum absolute atomic E-state index is 0.115. The molecule has 1 aromatic rings. The number of rotatable bonds is 3. The fourth-order valence-electron chi connectivity index (χ4n) is 4.34. The van der Waals surface area contributed by atoms with Crippen LogP contribution in [0, 0.1) is 6.92 Å². The number of carbonyl (C=O) groups is 1. The lowest BCUT2D eigenvalue weighted by molar-refractivity contribution is -0.0915. The summed E-state index contributed by atoms with van der Waals surface area (Å²) in [5.74, 6) is 0.115. The van der Waals surface area contributed by atoms with Gasteiger partial charge in [0, 0.05) is 39.3 Å². The summed E-state index contributed by atoms with van der Waals surface area (Å²) in [6.45, 7) is 9.98. The molecule has 1 unspecified atom stereocenters. The molecule has 4 heterocycles. The summed E-state index contributed by atoms with van der Waals surface area (Å²) in [6.07, 6.45) is 2.27. The van der Waals surface area contributed by atoms with Crippen LogP contribution in [0.25, 0.3) is 0 Å². The van der Waals surface area contributed by atoms with Gasteiger partial charge in [0.1, 0.15) is 5.60 Å². The van der Waals surface area contributed by atoms with E-state index in [1.54, 1.807) is 0 Å². The van der Waals surface area contributed by atoms with Crippen molar-refractivity contribution in [3.63, 3.8) is 0 Å². The van der Waals surface area contributed by atoms with Crippen molar-refractivity contribution < 1.29 is 14.3 Å². The van der Waals surface area contributed by atoms with Gasteiger partial charge in [-0.15, -0.1) is 11.3 Å². The van der Waals surface area contributed by atoms with Crippen LogP contribution in [-0.4, -0.2) is 98.4 Å². The lowest BCUT2D eigenvalue weighted by atomic mass is 10.00. The smallest absolute Gasteiger partial charge is 0.264 e. The van der Waals surface area contributed by atoms with Crippen LogP contribution >= 0.6 is 11.3 Å². The first kappa shape index (κ1) is 19.3. The maximum absolute atomic E-state index is 12.9. The Kier molecular flexibility index (Phi) is 5.85. The average Bonchev–Trinajstić information content (AvgIpc) is 3.19.